The van der Waals surface area contributed by atoms with E-state index in [0.717, 1.165) is 18.7 Å². The summed E-state index contributed by atoms with van der Waals surface area (Å²) >= 11 is 13.1. The summed E-state index contributed by atoms with van der Waals surface area (Å²) in [4.78, 5) is 12.1. The summed E-state index contributed by atoms with van der Waals surface area (Å²) < 4.78 is 1.52. The standard InChI is InChI=1S/C16H19Cl2N5OS/c17-11-6-12(18)8-13(7-11)20-14(24)9-25-16-22-21-15(23(16)19)10-4-2-1-3-5-10/h6-8,10H,1-5,9,19H2,(H,20,24). The number of thioether (sulfide) groups is 1. The second kappa shape index (κ2) is 8.29. The molecule has 1 aromatic carbocycles. The molecule has 1 saturated carbocycles. The van der Waals surface area contributed by atoms with Gasteiger partial charge in [-0.3, -0.25) is 4.79 Å². The van der Waals surface area contributed by atoms with Crippen molar-refractivity contribution in [1.29, 1.82) is 0 Å². The monoisotopic (exact) mass is 399 g/mol. The fraction of sp³-hybridized carbons (Fsp3) is 0.438. The topological polar surface area (TPSA) is 85.8 Å². The molecule has 1 aromatic heterocycles. The minimum Gasteiger partial charge on any atom is -0.336 e. The molecule has 1 aliphatic rings. The number of hydrogen-bond acceptors (Lipinski definition) is 5. The molecule has 0 bridgehead atoms. The zero-order valence-electron chi connectivity index (χ0n) is 13.5. The number of nitrogens with zero attached hydrogens (tertiary/aromatic N) is 3. The van der Waals surface area contributed by atoms with Crippen molar-refractivity contribution in [3.8, 4) is 0 Å². The second-order valence-corrected chi connectivity index (χ2v) is 7.86. The quantitative estimate of drug-likeness (QED) is 0.584. The van der Waals surface area contributed by atoms with Crippen LogP contribution in [0.1, 0.15) is 43.8 Å². The lowest BCUT2D eigenvalue weighted by Crippen LogP contribution is -2.19. The summed E-state index contributed by atoms with van der Waals surface area (Å²) in [6.07, 6.45) is 5.85. The Morgan fingerprint density at radius 2 is 1.88 bits per heavy atom. The van der Waals surface area contributed by atoms with E-state index in [1.165, 1.54) is 35.7 Å². The van der Waals surface area contributed by atoms with Gasteiger partial charge < -0.3 is 11.2 Å². The van der Waals surface area contributed by atoms with Gasteiger partial charge in [-0.1, -0.05) is 54.2 Å². The molecule has 1 aliphatic carbocycles. The van der Waals surface area contributed by atoms with Gasteiger partial charge in [-0.05, 0) is 31.0 Å². The van der Waals surface area contributed by atoms with E-state index in [1.807, 2.05) is 0 Å². The van der Waals surface area contributed by atoms with E-state index in [0.29, 0.717) is 26.8 Å². The van der Waals surface area contributed by atoms with E-state index in [9.17, 15) is 4.79 Å². The highest BCUT2D eigenvalue weighted by Gasteiger charge is 2.22. The Labute approximate surface area is 160 Å². The summed E-state index contributed by atoms with van der Waals surface area (Å²) in [6.45, 7) is 0. The maximum atomic E-state index is 12.1. The molecule has 0 saturated heterocycles. The molecule has 0 radical (unpaired) electrons. The van der Waals surface area contributed by atoms with Gasteiger partial charge in [0.1, 0.15) is 0 Å². The zero-order valence-corrected chi connectivity index (χ0v) is 15.9. The SMILES string of the molecule is Nn1c(SCC(=O)Nc2cc(Cl)cc(Cl)c2)nnc1C1CCCCC1. The highest BCUT2D eigenvalue weighted by molar-refractivity contribution is 7.99. The van der Waals surface area contributed by atoms with E-state index in [4.69, 9.17) is 29.0 Å². The van der Waals surface area contributed by atoms with E-state index < -0.39 is 0 Å². The van der Waals surface area contributed by atoms with Crippen LogP contribution in [0.25, 0.3) is 0 Å². The van der Waals surface area contributed by atoms with Gasteiger partial charge in [0, 0.05) is 21.7 Å². The molecule has 0 atom stereocenters. The molecule has 6 nitrogen and oxygen atoms in total. The lowest BCUT2D eigenvalue weighted by molar-refractivity contribution is -0.113. The van der Waals surface area contributed by atoms with Crippen molar-refractivity contribution >= 4 is 46.6 Å². The molecule has 2 aromatic rings. The molecule has 1 amide bonds. The average molecular weight is 400 g/mol. The molecule has 0 spiro atoms. The largest absolute Gasteiger partial charge is 0.336 e. The predicted molar refractivity (Wildman–Crippen MR) is 102 cm³/mol. The number of rotatable bonds is 5. The first-order valence-corrected chi connectivity index (χ1v) is 9.86. The normalized spacial score (nSPS) is 15.3. The van der Waals surface area contributed by atoms with Crippen molar-refractivity contribution in [2.75, 3.05) is 16.9 Å². The number of nitrogens with one attached hydrogen (secondary N) is 1. The fourth-order valence-electron chi connectivity index (χ4n) is 2.98. The third kappa shape index (κ3) is 4.80. The Hall–Kier alpha value is -1.44. The number of amides is 1. The molecule has 0 aliphatic heterocycles. The molecule has 1 fully saturated rings. The average Bonchev–Trinajstić information content (AvgIpc) is 2.93. The Kier molecular flexibility index (Phi) is 6.09. The summed E-state index contributed by atoms with van der Waals surface area (Å²) in [5.74, 6) is 7.27. The van der Waals surface area contributed by atoms with Crippen molar-refractivity contribution in [1.82, 2.24) is 14.9 Å². The number of carbonyl (C=O) groups is 1. The van der Waals surface area contributed by atoms with Crippen LogP contribution in [0, 0.1) is 0 Å². The Morgan fingerprint density at radius 3 is 2.56 bits per heavy atom. The van der Waals surface area contributed by atoms with Crippen molar-refractivity contribution in [2.45, 2.75) is 43.2 Å². The third-order valence-electron chi connectivity index (χ3n) is 4.14. The smallest absolute Gasteiger partial charge is 0.234 e. The molecule has 134 valence electrons. The van der Waals surface area contributed by atoms with Crippen LogP contribution < -0.4 is 11.2 Å². The van der Waals surface area contributed by atoms with Crippen LogP contribution in [0.15, 0.2) is 23.4 Å². The third-order valence-corrected chi connectivity index (χ3v) is 5.52. The van der Waals surface area contributed by atoms with Gasteiger partial charge in [0.15, 0.2) is 5.82 Å². The number of nitrogen functional groups attached to an aromatic ring is 1. The van der Waals surface area contributed by atoms with Crippen LogP contribution >= 0.6 is 35.0 Å². The van der Waals surface area contributed by atoms with Crippen molar-refractivity contribution < 1.29 is 4.79 Å². The number of nitrogens with two attached hydrogens (primary N) is 1. The Morgan fingerprint density at radius 1 is 1.20 bits per heavy atom. The van der Waals surface area contributed by atoms with E-state index in [1.54, 1.807) is 18.2 Å². The highest BCUT2D eigenvalue weighted by Crippen LogP contribution is 2.32. The highest BCUT2D eigenvalue weighted by atomic mass is 35.5. The van der Waals surface area contributed by atoms with Crippen molar-refractivity contribution in [2.24, 2.45) is 0 Å². The summed E-state index contributed by atoms with van der Waals surface area (Å²) in [5, 5.41) is 12.6. The molecule has 3 rings (SSSR count). The molecule has 0 unspecified atom stereocenters. The lowest BCUT2D eigenvalue weighted by atomic mass is 9.89. The summed E-state index contributed by atoms with van der Waals surface area (Å²) in [6, 6.07) is 4.89. The van der Waals surface area contributed by atoms with Crippen molar-refractivity contribution in [3.63, 3.8) is 0 Å². The fourth-order valence-corrected chi connectivity index (χ4v) is 4.17. The second-order valence-electron chi connectivity index (χ2n) is 6.04. The molecule has 3 N–H and O–H groups in total. The van der Waals surface area contributed by atoms with Gasteiger partial charge >= 0.3 is 0 Å². The minimum absolute atomic E-state index is 0.171. The van der Waals surface area contributed by atoms with Crippen LogP contribution in [0.3, 0.4) is 0 Å². The first-order chi connectivity index (χ1) is 12.0. The number of benzene rings is 1. The number of carbonyl (C=O) groups excluding carboxylic acids is 1. The first kappa shape index (κ1) is 18.4. The summed E-state index contributed by atoms with van der Waals surface area (Å²) in [7, 11) is 0. The van der Waals surface area contributed by atoms with Gasteiger partial charge in [0.05, 0.1) is 5.75 Å². The zero-order chi connectivity index (χ0) is 17.8. The predicted octanol–water partition coefficient (Wildman–Crippen LogP) is 4.08. The van der Waals surface area contributed by atoms with Crippen molar-refractivity contribution in [3.05, 3.63) is 34.1 Å². The number of halogens is 2. The maximum Gasteiger partial charge on any atom is 0.234 e. The van der Waals surface area contributed by atoms with Crippen LogP contribution in [0.5, 0.6) is 0 Å². The Balaban J connectivity index is 1.58. The number of hydrogen-bond donors (Lipinski definition) is 2. The van der Waals surface area contributed by atoms with Crippen LogP contribution in [-0.2, 0) is 4.79 Å². The molecule has 25 heavy (non-hydrogen) atoms. The molecule has 1 heterocycles. The van der Waals surface area contributed by atoms with Gasteiger partial charge in [0.25, 0.3) is 0 Å². The van der Waals surface area contributed by atoms with Gasteiger partial charge in [-0.2, -0.15) is 0 Å². The van der Waals surface area contributed by atoms with E-state index in [-0.39, 0.29) is 11.7 Å². The van der Waals surface area contributed by atoms with Gasteiger partial charge in [-0.25, -0.2) is 4.68 Å². The molecule has 9 heteroatoms. The number of aromatic nitrogens is 3. The van der Waals surface area contributed by atoms with Crippen LogP contribution in [0.2, 0.25) is 10.0 Å². The Bertz CT molecular complexity index is 741. The molecular formula is C16H19Cl2N5OS. The summed E-state index contributed by atoms with van der Waals surface area (Å²) in [5.41, 5.74) is 0.556. The van der Waals surface area contributed by atoms with E-state index >= 15 is 0 Å². The maximum absolute atomic E-state index is 12.1. The lowest BCUT2D eigenvalue weighted by Gasteiger charge is -2.20. The molecular weight excluding hydrogens is 381 g/mol. The van der Waals surface area contributed by atoms with Gasteiger partial charge in [-0.15, -0.1) is 10.2 Å². The van der Waals surface area contributed by atoms with E-state index in [2.05, 4.69) is 15.5 Å². The number of anilines is 1. The van der Waals surface area contributed by atoms with Crippen LogP contribution in [-0.4, -0.2) is 26.5 Å². The minimum atomic E-state index is -0.189. The van der Waals surface area contributed by atoms with Crippen LogP contribution in [0.4, 0.5) is 5.69 Å². The van der Waals surface area contributed by atoms with Gasteiger partial charge in [0.2, 0.25) is 11.1 Å². The first-order valence-electron chi connectivity index (χ1n) is 8.12.